The summed E-state index contributed by atoms with van der Waals surface area (Å²) in [7, 11) is 1.68. The van der Waals surface area contributed by atoms with Crippen LogP contribution in [0.1, 0.15) is 26.7 Å². The van der Waals surface area contributed by atoms with Crippen molar-refractivity contribution in [3.05, 3.63) is 0 Å². The van der Waals surface area contributed by atoms with Gasteiger partial charge in [0.2, 0.25) is 0 Å². The van der Waals surface area contributed by atoms with Gasteiger partial charge < -0.3 is 14.8 Å². The van der Waals surface area contributed by atoms with E-state index in [9.17, 15) is 0 Å². The van der Waals surface area contributed by atoms with E-state index in [1.54, 1.807) is 7.11 Å². The van der Waals surface area contributed by atoms with Gasteiger partial charge in [0.25, 0.3) is 0 Å². The van der Waals surface area contributed by atoms with Crippen LogP contribution in [0.3, 0.4) is 0 Å². The number of rotatable bonds is 10. The molecule has 4 heteroatoms. The lowest BCUT2D eigenvalue weighted by Gasteiger charge is -2.14. The Hall–Kier alpha value is 0.170. The fourth-order valence-corrected chi connectivity index (χ4v) is 1.60. The topological polar surface area (TPSA) is 30.5 Å². The van der Waals surface area contributed by atoms with Crippen LogP contribution in [0.2, 0.25) is 0 Å². The lowest BCUT2D eigenvalue weighted by Crippen LogP contribution is -2.29. The highest BCUT2D eigenvalue weighted by molar-refractivity contribution is 6.20. The van der Waals surface area contributed by atoms with Crippen LogP contribution in [0.15, 0.2) is 0 Å². The quantitative estimate of drug-likeness (QED) is 0.466. The van der Waals surface area contributed by atoms with Crippen molar-refractivity contribution in [3.63, 3.8) is 0 Å². The molecule has 1 N–H and O–H groups in total. The van der Waals surface area contributed by atoms with Crippen LogP contribution in [-0.4, -0.2) is 44.9 Å². The largest absolute Gasteiger partial charge is 0.382 e. The molecule has 15 heavy (non-hydrogen) atoms. The Labute approximate surface area is 98.5 Å². The van der Waals surface area contributed by atoms with E-state index in [0.717, 1.165) is 26.0 Å². The highest BCUT2D eigenvalue weighted by Crippen LogP contribution is 2.03. The number of alkyl halides is 1. The SMILES string of the molecule is COCCOCCCNC(C)CC(C)Cl. The molecule has 0 rings (SSSR count). The maximum absolute atomic E-state index is 5.89. The number of ether oxygens (including phenoxy) is 2. The number of hydrogen-bond acceptors (Lipinski definition) is 3. The van der Waals surface area contributed by atoms with Crippen LogP contribution in [0, 0.1) is 0 Å². The molecule has 0 aliphatic heterocycles. The second kappa shape index (κ2) is 10.7. The van der Waals surface area contributed by atoms with Gasteiger partial charge in [-0.05, 0) is 33.2 Å². The minimum atomic E-state index is 0.241. The summed E-state index contributed by atoms with van der Waals surface area (Å²) in [6.45, 7) is 7.31. The zero-order valence-electron chi connectivity index (χ0n) is 10.1. The molecule has 0 radical (unpaired) electrons. The third kappa shape index (κ3) is 12.1. The molecule has 2 atom stereocenters. The van der Waals surface area contributed by atoms with Crippen molar-refractivity contribution < 1.29 is 9.47 Å². The summed E-state index contributed by atoms with van der Waals surface area (Å²) in [5.74, 6) is 0. The Bertz CT molecular complexity index is 134. The smallest absolute Gasteiger partial charge is 0.0700 e. The molecule has 0 saturated heterocycles. The average molecular weight is 238 g/mol. The summed E-state index contributed by atoms with van der Waals surface area (Å²) in [6.07, 6.45) is 2.04. The fraction of sp³-hybridized carbons (Fsp3) is 1.00. The van der Waals surface area contributed by atoms with Crippen LogP contribution in [0.5, 0.6) is 0 Å². The maximum Gasteiger partial charge on any atom is 0.0700 e. The van der Waals surface area contributed by atoms with Crippen molar-refractivity contribution in [2.75, 3.05) is 33.5 Å². The van der Waals surface area contributed by atoms with Crippen molar-refractivity contribution in [1.82, 2.24) is 5.32 Å². The molecule has 0 aromatic rings. The average Bonchev–Trinajstić information content (AvgIpc) is 2.15. The molecule has 2 unspecified atom stereocenters. The zero-order valence-corrected chi connectivity index (χ0v) is 10.8. The lowest BCUT2D eigenvalue weighted by atomic mass is 10.2. The second-order valence-electron chi connectivity index (χ2n) is 3.83. The molecule has 0 spiro atoms. The van der Waals surface area contributed by atoms with Crippen molar-refractivity contribution in [2.45, 2.75) is 38.1 Å². The van der Waals surface area contributed by atoms with Gasteiger partial charge in [0, 0.05) is 25.1 Å². The number of halogens is 1. The molecule has 3 nitrogen and oxygen atoms in total. The highest BCUT2D eigenvalue weighted by Gasteiger charge is 2.04. The molecule has 0 fully saturated rings. The van der Waals surface area contributed by atoms with E-state index in [2.05, 4.69) is 12.2 Å². The van der Waals surface area contributed by atoms with Gasteiger partial charge in [0.1, 0.15) is 0 Å². The summed E-state index contributed by atoms with van der Waals surface area (Å²) < 4.78 is 10.2. The molecule has 92 valence electrons. The van der Waals surface area contributed by atoms with E-state index in [0.29, 0.717) is 19.3 Å². The first-order valence-corrected chi connectivity index (χ1v) is 6.04. The third-order valence-electron chi connectivity index (χ3n) is 2.07. The first-order valence-electron chi connectivity index (χ1n) is 5.61. The van der Waals surface area contributed by atoms with E-state index in [1.807, 2.05) is 6.92 Å². The lowest BCUT2D eigenvalue weighted by molar-refractivity contribution is 0.0693. The summed E-state index contributed by atoms with van der Waals surface area (Å²) in [5.41, 5.74) is 0. The monoisotopic (exact) mass is 237 g/mol. The van der Waals surface area contributed by atoms with E-state index < -0.39 is 0 Å². The van der Waals surface area contributed by atoms with Gasteiger partial charge in [0.15, 0.2) is 0 Å². The second-order valence-corrected chi connectivity index (χ2v) is 4.58. The van der Waals surface area contributed by atoms with E-state index in [-0.39, 0.29) is 5.38 Å². The summed E-state index contributed by atoms with van der Waals surface area (Å²) >= 11 is 5.89. The molecule has 0 aliphatic rings. The Balaban J connectivity index is 3.09. The van der Waals surface area contributed by atoms with Gasteiger partial charge in [-0.1, -0.05) is 0 Å². The molecule has 0 heterocycles. The number of methoxy groups -OCH3 is 1. The molecule has 0 aliphatic carbocycles. The van der Waals surface area contributed by atoms with Crippen LogP contribution in [0.25, 0.3) is 0 Å². The van der Waals surface area contributed by atoms with Crippen LogP contribution >= 0.6 is 11.6 Å². The van der Waals surface area contributed by atoms with Gasteiger partial charge in [-0.15, -0.1) is 11.6 Å². The molecular formula is C11H24ClNO2. The first kappa shape index (κ1) is 15.2. The Morgan fingerprint density at radius 1 is 1.20 bits per heavy atom. The fourth-order valence-electron chi connectivity index (χ4n) is 1.34. The summed E-state index contributed by atoms with van der Waals surface area (Å²) in [6, 6.07) is 0.483. The van der Waals surface area contributed by atoms with Crippen molar-refractivity contribution in [1.29, 1.82) is 0 Å². The van der Waals surface area contributed by atoms with Gasteiger partial charge >= 0.3 is 0 Å². The molecule has 0 amide bonds. The van der Waals surface area contributed by atoms with Crippen molar-refractivity contribution >= 4 is 11.6 Å². The number of hydrogen-bond donors (Lipinski definition) is 1. The predicted molar refractivity (Wildman–Crippen MR) is 64.7 cm³/mol. The molecule has 0 aromatic carbocycles. The van der Waals surface area contributed by atoms with Gasteiger partial charge in [0.05, 0.1) is 13.2 Å². The minimum Gasteiger partial charge on any atom is -0.382 e. The molecule has 0 saturated carbocycles. The highest BCUT2D eigenvalue weighted by atomic mass is 35.5. The Kier molecular flexibility index (Phi) is 10.8. The van der Waals surface area contributed by atoms with Crippen molar-refractivity contribution in [2.24, 2.45) is 0 Å². The maximum atomic E-state index is 5.89. The first-order chi connectivity index (χ1) is 7.16. The standard InChI is InChI=1S/C11H24ClNO2/c1-10(12)9-11(2)13-5-4-6-15-8-7-14-3/h10-11,13H,4-9H2,1-3H3. The van der Waals surface area contributed by atoms with E-state index in [1.165, 1.54) is 0 Å². The summed E-state index contributed by atoms with van der Waals surface area (Å²) in [4.78, 5) is 0. The zero-order chi connectivity index (χ0) is 11.5. The van der Waals surface area contributed by atoms with Gasteiger partial charge in [-0.2, -0.15) is 0 Å². The van der Waals surface area contributed by atoms with Crippen LogP contribution < -0.4 is 5.32 Å². The summed E-state index contributed by atoms with van der Waals surface area (Å²) in [5, 5.41) is 3.65. The number of nitrogens with one attached hydrogen (secondary N) is 1. The Morgan fingerprint density at radius 2 is 1.93 bits per heavy atom. The predicted octanol–water partition coefficient (Wildman–Crippen LogP) is 2.03. The minimum absolute atomic E-state index is 0.241. The van der Waals surface area contributed by atoms with Crippen molar-refractivity contribution in [3.8, 4) is 0 Å². The molecule has 0 bridgehead atoms. The Morgan fingerprint density at radius 3 is 2.53 bits per heavy atom. The van der Waals surface area contributed by atoms with Gasteiger partial charge in [-0.25, -0.2) is 0 Å². The molecular weight excluding hydrogens is 214 g/mol. The normalized spacial score (nSPS) is 15.2. The van der Waals surface area contributed by atoms with Gasteiger partial charge in [-0.3, -0.25) is 0 Å². The van der Waals surface area contributed by atoms with Crippen LogP contribution in [0.4, 0.5) is 0 Å². The van der Waals surface area contributed by atoms with Crippen LogP contribution in [-0.2, 0) is 9.47 Å². The van der Waals surface area contributed by atoms with E-state index in [4.69, 9.17) is 21.1 Å². The third-order valence-corrected chi connectivity index (χ3v) is 2.25. The van der Waals surface area contributed by atoms with E-state index >= 15 is 0 Å². The molecule has 0 aromatic heterocycles.